The molecule has 0 aliphatic heterocycles. The zero-order chi connectivity index (χ0) is 21.2. The highest BCUT2D eigenvalue weighted by molar-refractivity contribution is 7.00. The first-order valence-corrected chi connectivity index (χ1v) is 13.9. The number of hydrogen-bond donors (Lipinski definition) is 0. The zero-order valence-electron chi connectivity index (χ0n) is 20.3. The Morgan fingerprint density at radius 2 is 1.25 bits per heavy atom. The highest BCUT2D eigenvalue weighted by atomic mass is 28.3. The summed E-state index contributed by atoms with van der Waals surface area (Å²) >= 11 is 0. The number of hydrogen-bond acceptors (Lipinski definition) is 0. The molecule has 1 aromatic carbocycles. The molecule has 3 unspecified atom stereocenters. The predicted molar refractivity (Wildman–Crippen MR) is 130 cm³/mol. The molecule has 1 aliphatic carbocycles. The molecule has 0 fully saturated rings. The molecule has 1 aliphatic rings. The van der Waals surface area contributed by atoms with E-state index in [1.54, 1.807) is 21.9 Å². The minimum Gasteiger partial charge on any atom is -0.0654 e. The third kappa shape index (κ3) is 3.60. The van der Waals surface area contributed by atoms with E-state index in [1.807, 2.05) is 5.20 Å². The van der Waals surface area contributed by atoms with Gasteiger partial charge in [-0.3, -0.25) is 0 Å². The lowest BCUT2D eigenvalue weighted by atomic mass is 10.1. The molecule has 3 atom stereocenters. The van der Waals surface area contributed by atoms with Gasteiger partial charge in [0.2, 0.25) is 0 Å². The van der Waals surface area contributed by atoms with Gasteiger partial charge in [0.05, 0.1) is 0 Å². The molecule has 28 heavy (non-hydrogen) atoms. The van der Waals surface area contributed by atoms with E-state index >= 15 is 0 Å². The van der Waals surface area contributed by atoms with E-state index in [9.17, 15) is 0 Å². The molecular weight excluding hydrogens is 352 g/mol. The van der Waals surface area contributed by atoms with Crippen LogP contribution in [0.2, 0.25) is 11.1 Å². The third-order valence-electron chi connectivity index (χ3n) is 8.21. The van der Waals surface area contributed by atoms with Crippen molar-refractivity contribution in [2.45, 2.75) is 106 Å². The summed E-state index contributed by atoms with van der Waals surface area (Å²) in [4.78, 5) is 0. The van der Waals surface area contributed by atoms with Crippen molar-refractivity contribution < 1.29 is 0 Å². The maximum Gasteiger partial charge on any atom is 0.120 e. The van der Waals surface area contributed by atoms with E-state index in [-0.39, 0.29) is 0 Å². The molecule has 0 saturated carbocycles. The second-order valence-corrected chi connectivity index (χ2v) is 14.1. The Morgan fingerprint density at radius 3 is 1.57 bits per heavy atom. The van der Waals surface area contributed by atoms with Crippen molar-refractivity contribution in [3.63, 3.8) is 0 Å². The molecule has 0 radical (unpaired) electrons. The van der Waals surface area contributed by atoms with Crippen LogP contribution in [-0.4, -0.2) is 8.07 Å². The number of aryl methyl sites for hydroxylation is 2. The van der Waals surface area contributed by atoms with Gasteiger partial charge in [0, 0.05) is 0 Å². The summed E-state index contributed by atoms with van der Waals surface area (Å²) in [6, 6.07) is 7.67. The van der Waals surface area contributed by atoms with E-state index < -0.39 is 8.07 Å². The van der Waals surface area contributed by atoms with Crippen molar-refractivity contribution in [3.8, 4) is 0 Å². The minimum atomic E-state index is -1.91. The molecule has 1 aromatic rings. The summed E-state index contributed by atoms with van der Waals surface area (Å²) in [5, 5.41) is 3.57. The summed E-state index contributed by atoms with van der Waals surface area (Å²) in [6.07, 6.45) is 4.82. The van der Waals surface area contributed by atoms with Crippen molar-refractivity contribution in [1.29, 1.82) is 0 Å². The van der Waals surface area contributed by atoms with Gasteiger partial charge in [-0.2, -0.15) is 0 Å². The fourth-order valence-electron chi connectivity index (χ4n) is 5.83. The fourth-order valence-corrected chi connectivity index (χ4v) is 13.2. The number of benzene rings is 1. The quantitative estimate of drug-likeness (QED) is 0.392. The van der Waals surface area contributed by atoms with E-state index in [0.717, 1.165) is 23.9 Å². The van der Waals surface area contributed by atoms with Crippen molar-refractivity contribution >= 4 is 13.3 Å². The Bertz CT molecular complexity index is 732. The lowest BCUT2D eigenvalue weighted by Crippen LogP contribution is -2.57. The van der Waals surface area contributed by atoms with E-state index in [4.69, 9.17) is 0 Å². The highest BCUT2D eigenvalue weighted by Crippen LogP contribution is 2.51. The van der Waals surface area contributed by atoms with Crippen LogP contribution >= 0.6 is 0 Å². The molecule has 0 aromatic heterocycles. The predicted octanol–water partition coefficient (Wildman–Crippen LogP) is 7.91. The molecule has 0 N–H and O–H groups in total. The van der Waals surface area contributed by atoms with E-state index in [1.165, 1.54) is 24.0 Å². The molecule has 156 valence electrons. The summed E-state index contributed by atoms with van der Waals surface area (Å²) in [5.74, 6) is 0.602. The topological polar surface area (TPSA) is 0 Å². The van der Waals surface area contributed by atoms with E-state index in [2.05, 4.69) is 87.4 Å². The van der Waals surface area contributed by atoms with Gasteiger partial charge in [0.15, 0.2) is 0 Å². The van der Waals surface area contributed by atoms with Gasteiger partial charge in [-0.1, -0.05) is 101 Å². The largest absolute Gasteiger partial charge is 0.120 e. The second kappa shape index (κ2) is 9.16. The molecule has 0 spiro atoms. The van der Waals surface area contributed by atoms with Crippen LogP contribution in [0.25, 0.3) is 0 Å². The van der Waals surface area contributed by atoms with Gasteiger partial charge in [-0.25, -0.2) is 0 Å². The third-order valence-corrected chi connectivity index (χ3v) is 15.1. The zero-order valence-corrected chi connectivity index (χ0v) is 21.3. The summed E-state index contributed by atoms with van der Waals surface area (Å²) in [7, 11) is -1.91. The van der Waals surface area contributed by atoms with E-state index in [0.29, 0.717) is 5.92 Å². The minimum absolute atomic E-state index is 0.602. The Kier molecular flexibility index (Phi) is 7.59. The van der Waals surface area contributed by atoms with Gasteiger partial charge >= 0.3 is 0 Å². The fraction of sp³-hybridized carbons (Fsp3) is 0.630. The average molecular weight is 397 g/mol. The smallest absolute Gasteiger partial charge is 0.0654 e. The average Bonchev–Trinajstić information content (AvgIpc) is 2.91. The van der Waals surface area contributed by atoms with Crippen molar-refractivity contribution in [1.82, 2.24) is 0 Å². The first kappa shape index (κ1) is 23.2. The van der Waals surface area contributed by atoms with Crippen molar-refractivity contribution in [2.24, 2.45) is 5.92 Å². The second-order valence-electron chi connectivity index (χ2n) is 9.30. The molecule has 2 rings (SSSR count). The Balaban J connectivity index is 2.93. The molecule has 0 nitrogen and oxygen atoms in total. The Labute approximate surface area is 176 Å². The molecule has 0 saturated heterocycles. The van der Waals surface area contributed by atoms with Crippen LogP contribution in [0, 0.1) is 5.92 Å². The van der Waals surface area contributed by atoms with Crippen molar-refractivity contribution in [3.05, 3.63) is 51.2 Å². The maximum atomic E-state index is 2.61. The SMILES string of the molecule is CCc1cc(CC)cc([Si](C2=C(C)C(C)=C(C)C2C)(C(C)CC)C(C)CC)c1. The molecule has 0 bridgehead atoms. The number of rotatable bonds is 8. The molecular formula is C27H44Si. The van der Waals surface area contributed by atoms with Crippen LogP contribution in [0.1, 0.15) is 93.2 Å². The Hall–Kier alpha value is -1.08. The van der Waals surface area contributed by atoms with Crippen LogP contribution in [-0.2, 0) is 12.8 Å². The van der Waals surface area contributed by atoms with Crippen LogP contribution < -0.4 is 5.19 Å². The van der Waals surface area contributed by atoms with Crippen LogP contribution in [0.15, 0.2) is 40.1 Å². The Morgan fingerprint density at radius 1 is 0.786 bits per heavy atom. The maximum absolute atomic E-state index is 2.61. The highest BCUT2D eigenvalue weighted by Gasteiger charge is 2.51. The normalized spacial score (nSPS) is 21.9. The standard InChI is InChI=1S/C27H44Si/c1-11-18(5)28(19(6)12-2,27-22(9)20(7)21(8)23(27)10)26-16-24(13-3)15-25(14-4)17-26/h15-19,22H,11-14H2,1-10H3. The first-order chi connectivity index (χ1) is 13.2. The summed E-state index contributed by atoms with van der Waals surface area (Å²) in [6.45, 7) is 24.3. The van der Waals surface area contributed by atoms with Gasteiger partial charge in [-0.15, -0.1) is 0 Å². The van der Waals surface area contributed by atoms with Gasteiger partial charge in [0.25, 0.3) is 0 Å². The first-order valence-electron chi connectivity index (χ1n) is 11.7. The van der Waals surface area contributed by atoms with Crippen molar-refractivity contribution in [2.75, 3.05) is 0 Å². The van der Waals surface area contributed by atoms with Gasteiger partial charge in [0.1, 0.15) is 8.07 Å². The monoisotopic (exact) mass is 396 g/mol. The van der Waals surface area contributed by atoms with Gasteiger partial charge < -0.3 is 0 Å². The van der Waals surface area contributed by atoms with Crippen LogP contribution in [0.5, 0.6) is 0 Å². The summed E-state index contributed by atoms with van der Waals surface area (Å²) < 4.78 is 0. The number of allylic oxidation sites excluding steroid dienone is 4. The van der Waals surface area contributed by atoms with Crippen LogP contribution in [0.4, 0.5) is 0 Å². The lowest BCUT2D eigenvalue weighted by Gasteiger charge is -2.46. The van der Waals surface area contributed by atoms with Crippen LogP contribution in [0.3, 0.4) is 0 Å². The molecule has 0 heterocycles. The molecule has 1 heteroatoms. The van der Waals surface area contributed by atoms with Gasteiger partial charge in [-0.05, 0) is 67.3 Å². The summed E-state index contributed by atoms with van der Waals surface area (Å²) in [5.41, 5.74) is 9.37. The molecule has 0 amide bonds. The lowest BCUT2D eigenvalue weighted by molar-refractivity contribution is 0.743.